The number of carboxylic acids is 1. The summed E-state index contributed by atoms with van der Waals surface area (Å²) in [5.41, 5.74) is 4.02. The van der Waals surface area contributed by atoms with E-state index in [-0.39, 0.29) is 10.6 Å². The number of halogens is 1. The largest absolute Gasteiger partial charge is 0.497 e. The number of aromatic carboxylic acids is 1. The fraction of sp³-hybridized carbons (Fsp3) is 0.125. The van der Waals surface area contributed by atoms with E-state index in [0.29, 0.717) is 17.2 Å². The predicted molar refractivity (Wildman–Crippen MR) is 89.2 cm³/mol. The topological polar surface area (TPSA) is 80.2 Å². The molecule has 0 aliphatic carbocycles. The normalized spacial score (nSPS) is 10.6. The lowest BCUT2D eigenvalue weighted by Crippen LogP contribution is -1.99. The molecule has 0 aliphatic heterocycles. The molecule has 0 spiro atoms. The van der Waals surface area contributed by atoms with E-state index in [4.69, 9.17) is 26.2 Å². The molecule has 0 fully saturated rings. The van der Waals surface area contributed by atoms with Crippen molar-refractivity contribution in [1.82, 2.24) is 0 Å². The van der Waals surface area contributed by atoms with Gasteiger partial charge in [-0.1, -0.05) is 11.6 Å². The number of benzene rings is 2. The quantitative estimate of drug-likeness (QED) is 0.624. The number of hydrazone groups is 1. The Labute approximate surface area is 138 Å². The van der Waals surface area contributed by atoms with Crippen LogP contribution in [-0.4, -0.2) is 31.5 Å². The minimum atomic E-state index is -1.10. The van der Waals surface area contributed by atoms with Crippen LogP contribution in [0.25, 0.3) is 0 Å². The van der Waals surface area contributed by atoms with Crippen molar-refractivity contribution in [2.75, 3.05) is 19.6 Å². The highest BCUT2D eigenvalue weighted by atomic mass is 35.5. The Kier molecular flexibility index (Phi) is 5.43. The summed E-state index contributed by atoms with van der Waals surface area (Å²) in [6.07, 6.45) is 1.56. The van der Waals surface area contributed by atoms with E-state index in [9.17, 15) is 4.79 Å². The lowest BCUT2D eigenvalue weighted by Gasteiger charge is -2.07. The Morgan fingerprint density at radius 2 is 2.00 bits per heavy atom. The average molecular weight is 335 g/mol. The molecule has 0 amide bonds. The zero-order valence-corrected chi connectivity index (χ0v) is 13.3. The molecule has 2 N–H and O–H groups in total. The van der Waals surface area contributed by atoms with Gasteiger partial charge in [0.05, 0.1) is 36.7 Å². The second-order valence-electron chi connectivity index (χ2n) is 4.48. The van der Waals surface area contributed by atoms with Crippen LogP contribution in [0.15, 0.2) is 41.5 Å². The van der Waals surface area contributed by atoms with Crippen LogP contribution in [0.5, 0.6) is 11.5 Å². The molecule has 0 atom stereocenters. The van der Waals surface area contributed by atoms with Gasteiger partial charge in [0.2, 0.25) is 0 Å². The molecule has 6 nitrogen and oxygen atoms in total. The third kappa shape index (κ3) is 4.14. The molecule has 0 saturated heterocycles. The molecule has 0 bridgehead atoms. The van der Waals surface area contributed by atoms with Crippen molar-refractivity contribution in [2.45, 2.75) is 0 Å². The summed E-state index contributed by atoms with van der Waals surface area (Å²) in [4.78, 5) is 11.0. The van der Waals surface area contributed by atoms with Crippen LogP contribution in [0.3, 0.4) is 0 Å². The fourth-order valence-electron chi connectivity index (χ4n) is 1.86. The smallest absolute Gasteiger partial charge is 0.337 e. The van der Waals surface area contributed by atoms with Gasteiger partial charge in [0.15, 0.2) is 0 Å². The van der Waals surface area contributed by atoms with E-state index < -0.39 is 5.97 Å². The van der Waals surface area contributed by atoms with Gasteiger partial charge in [-0.25, -0.2) is 4.79 Å². The van der Waals surface area contributed by atoms with Gasteiger partial charge in [-0.05, 0) is 30.3 Å². The molecular weight excluding hydrogens is 320 g/mol. The lowest BCUT2D eigenvalue weighted by atomic mass is 10.2. The summed E-state index contributed by atoms with van der Waals surface area (Å²) >= 11 is 5.81. The summed E-state index contributed by atoms with van der Waals surface area (Å²) in [6.45, 7) is 0. The Balaban J connectivity index is 2.16. The zero-order chi connectivity index (χ0) is 16.8. The predicted octanol–water partition coefficient (Wildman–Crippen LogP) is 3.50. The molecular formula is C16H15ClN2O4. The van der Waals surface area contributed by atoms with Crippen molar-refractivity contribution >= 4 is 29.5 Å². The van der Waals surface area contributed by atoms with E-state index in [1.807, 2.05) is 0 Å². The summed E-state index contributed by atoms with van der Waals surface area (Å²) in [7, 11) is 3.13. The molecule has 0 aliphatic rings. The van der Waals surface area contributed by atoms with Crippen LogP contribution >= 0.6 is 11.6 Å². The molecule has 2 aromatic carbocycles. The highest BCUT2D eigenvalue weighted by Crippen LogP contribution is 2.23. The molecule has 0 aromatic heterocycles. The Morgan fingerprint density at radius 3 is 2.65 bits per heavy atom. The van der Waals surface area contributed by atoms with E-state index in [1.54, 1.807) is 44.7 Å². The van der Waals surface area contributed by atoms with Gasteiger partial charge in [0.1, 0.15) is 11.5 Å². The monoisotopic (exact) mass is 334 g/mol. The molecule has 0 radical (unpaired) electrons. The Hall–Kier alpha value is -2.73. The van der Waals surface area contributed by atoms with Crippen molar-refractivity contribution < 1.29 is 19.4 Å². The first-order chi connectivity index (χ1) is 11.0. The second-order valence-corrected chi connectivity index (χ2v) is 4.88. The highest BCUT2D eigenvalue weighted by Gasteiger charge is 2.09. The Bertz CT molecular complexity index is 747. The first-order valence-electron chi connectivity index (χ1n) is 6.59. The van der Waals surface area contributed by atoms with Gasteiger partial charge in [0, 0.05) is 11.6 Å². The van der Waals surface area contributed by atoms with Crippen molar-refractivity contribution in [2.24, 2.45) is 5.10 Å². The lowest BCUT2D eigenvalue weighted by molar-refractivity contribution is 0.0697. The van der Waals surface area contributed by atoms with Crippen molar-refractivity contribution in [3.8, 4) is 11.5 Å². The fourth-order valence-corrected chi connectivity index (χ4v) is 2.06. The standard InChI is InChI=1S/C16H15ClN2O4/c1-22-12-5-3-10(15(8-12)23-2)9-18-19-11-4-6-14(17)13(7-11)16(20)21/h3-9,19H,1-2H3,(H,20,21)/b18-9+. The van der Waals surface area contributed by atoms with Gasteiger partial charge in [-0.2, -0.15) is 5.10 Å². The summed E-state index contributed by atoms with van der Waals surface area (Å²) in [5, 5.41) is 13.3. The van der Waals surface area contributed by atoms with Crippen molar-refractivity contribution in [3.63, 3.8) is 0 Å². The maximum Gasteiger partial charge on any atom is 0.337 e. The number of anilines is 1. The molecule has 0 unspecified atom stereocenters. The number of nitrogens with one attached hydrogen (secondary N) is 1. The number of hydrogen-bond donors (Lipinski definition) is 2. The second kappa shape index (κ2) is 7.51. The van der Waals surface area contributed by atoms with Gasteiger partial charge in [-0.3, -0.25) is 5.43 Å². The molecule has 0 saturated carbocycles. The minimum absolute atomic E-state index is 0.00824. The first-order valence-corrected chi connectivity index (χ1v) is 6.97. The van der Waals surface area contributed by atoms with Crippen LogP contribution in [0.4, 0.5) is 5.69 Å². The van der Waals surface area contributed by atoms with E-state index >= 15 is 0 Å². The third-order valence-corrected chi connectivity index (χ3v) is 3.36. The number of ether oxygens (including phenoxy) is 2. The van der Waals surface area contributed by atoms with E-state index in [2.05, 4.69) is 10.5 Å². The number of rotatable bonds is 6. The first kappa shape index (κ1) is 16.6. The molecule has 7 heteroatoms. The molecule has 0 heterocycles. The van der Waals surface area contributed by atoms with Gasteiger partial charge < -0.3 is 14.6 Å². The maximum atomic E-state index is 11.0. The van der Waals surface area contributed by atoms with Gasteiger partial charge in [-0.15, -0.1) is 0 Å². The number of hydrogen-bond acceptors (Lipinski definition) is 5. The van der Waals surface area contributed by atoms with Crippen LogP contribution < -0.4 is 14.9 Å². The molecule has 2 aromatic rings. The minimum Gasteiger partial charge on any atom is -0.497 e. The van der Waals surface area contributed by atoms with Crippen LogP contribution in [0, 0.1) is 0 Å². The molecule has 23 heavy (non-hydrogen) atoms. The molecule has 2 rings (SSSR count). The van der Waals surface area contributed by atoms with Gasteiger partial charge >= 0.3 is 5.97 Å². The number of carboxylic acid groups (broad SMARTS) is 1. The third-order valence-electron chi connectivity index (χ3n) is 3.03. The number of carbonyl (C=O) groups is 1. The van der Waals surface area contributed by atoms with E-state index in [1.165, 1.54) is 12.1 Å². The maximum absolute atomic E-state index is 11.0. The van der Waals surface area contributed by atoms with Crippen LogP contribution in [-0.2, 0) is 0 Å². The van der Waals surface area contributed by atoms with Crippen molar-refractivity contribution in [3.05, 3.63) is 52.5 Å². The van der Waals surface area contributed by atoms with Crippen LogP contribution in [0.2, 0.25) is 5.02 Å². The summed E-state index contributed by atoms with van der Waals surface area (Å²) in [5.74, 6) is 0.187. The SMILES string of the molecule is COc1ccc(/C=N/Nc2ccc(Cl)c(C(=O)O)c2)c(OC)c1. The van der Waals surface area contributed by atoms with Gasteiger partial charge in [0.25, 0.3) is 0 Å². The highest BCUT2D eigenvalue weighted by molar-refractivity contribution is 6.33. The number of nitrogens with zero attached hydrogens (tertiary/aromatic N) is 1. The van der Waals surface area contributed by atoms with Crippen LogP contribution in [0.1, 0.15) is 15.9 Å². The molecule has 120 valence electrons. The average Bonchev–Trinajstić information content (AvgIpc) is 2.56. The number of methoxy groups -OCH3 is 2. The van der Waals surface area contributed by atoms with Crippen molar-refractivity contribution in [1.29, 1.82) is 0 Å². The zero-order valence-electron chi connectivity index (χ0n) is 12.5. The Morgan fingerprint density at radius 1 is 1.22 bits per heavy atom. The summed E-state index contributed by atoms with van der Waals surface area (Å²) in [6, 6.07) is 9.87. The van der Waals surface area contributed by atoms with E-state index in [0.717, 1.165) is 5.56 Å². The summed E-state index contributed by atoms with van der Waals surface area (Å²) < 4.78 is 10.4.